The van der Waals surface area contributed by atoms with Crippen LogP contribution in [0.5, 0.6) is 0 Å². The number of rotatable bonds is 2. The average molecular weight is 175 g/mol. The van der Waals surface area contributed by atoms with Gasteiger partial charge < -0.3 is 0 Å². The van der Waals surface area contributed by atoms with Gasteiger partial charge in [-0.2, -0.15) is 5.10 Å². The largest absolute Gasteiger partial charge is 0.221 e. The van der Waals surface area contributed by atoms with E-state index in [0.717, 1.165) is 17.9 Å². The highest BCUT2D eigenvalue weighted by Gasteiger charge is 2.04. The van der Waals surface area contributed by atoms with Crippen LogP contribution >= 0.6 is 0 Å². The van der Waals surface area contributed by atoms with Crippen molar-refractivity contribution in [1.82, 2.24) is 14.6 Å². The molecule has 0 unspecified atom stereocenters. The van der Waals surface area contributed by atoms with Gasteiger partial charge in [0.2, 0.25) is 0 Å². The van der Waals surface area contributed by atoms with E-state index < -0.39 is 0 Å². The van der Waals surface area contributed by atoms with Crippen molar-refractivity contribution >= 4 is 5.65 Å². The van der Waals surface area contributed by atoms with E-state index in [0.29, 0.717) is 5.92 Å². The first kappa shape index (κ1) is 8.23. The number of hydrogen-bond acceptors (Lipinski definition) is 2. The first-order valence-electron chi connectivity index (χ1n) is 4.56. The van der Waals surface area contributed by atoms with Gasteiger partial charge in [0.25, 0.3) is 0 Å². The number of hydrogen-bond donors (Lipinski definition) is 0. The fraction of sp³-hybridized carbons (Fsp3) is 0.400. The molecule has 0 radical (unpaired) electrons. The van der Waals surface area contributed by atoms with Gasteiger partial charge in [0.05, 0.1) is 0 Å². The first-order valence-corrected chi connectivity index (χ1v) is 4.56. The van der Waals surface area contributed by atoms with Crippen LogP contribution in [0.25, 0.3) is 5.65 Å². The molecule has 2 rings (SSSR count). The highest BCUT2D eigenvalue weighted by atomic mass is 15.3. The van der Waals surface area contributed by atoms with Gasteiger partial charge in [0.15, 0.2) is 11.5 Å². The fourth-order valence-electron chi connectivity index (χ4n) is 1.33. The number of aromatic nitrogens is 3. The van der Waals surface area contributed by atoms with E-state index in [4.69, 9.17) is 0 Å². The zero-order chi connectivity index (χ0) is 9.26. The second kappa shape index (κ2) is 3.17. The lowest BCUT2D eigenvalue weighted by Gasteiger charge is -1.96. The molecule has 0 amide bonds. The summed E-state index contributed by atoms with van der Waals surface area (Å²) in [6.07, 6.45) is 2.87. The lowest BCUT2D eigenvalue weighted by molar-refractivity contribution is 0.620. The molecule has 2 heterocycles. The van der Waals surface area contributed by atoms with Gasteiger partial charge in [-0.3, -0.25) is 0 Å². The van der Waals surface area contributed by atoms with Gasteiger partial charge >= 0.3 is 0 Å². The Labute approximate surface area is 77.4 Å². The van der Waals surface area contributed by atoms with E-state index in [1.165, 1.54) is 0 Å². The SMILES string of the molecule is CC(C)Cc1nc2ccccn2n1. The second-order valence-corrected chi connectivity index (χ2v) is 3.63. The lowest BCUT2D eigenvalue weighted by Crippen LogP contribution is -1.96. The summed E-state index contributed by atoms with van der Waals surface area (Å²) in [6, 6.07) is 5.90. The van der Waals surface area contributed by atoms with E-state index in [1.54, 1.807) is 0 Å². The molecule has 3 nitrogen and oxygen atoms in total. The third-order valence-electron chi connectivity index (χ3n) is 1.88. The highest BCUT2D eigenvalue weighted by Crippen LogP contribution is 2.05. The predicted molar refractivity (Wildman–Crippen MR) is 51.5 cm³/mol. The van der Waals surface area contributed by atoms with E-state index in [9.17, 15) is 0 Å². The molecule has 0 atom stereocenters. The summed E-state index contributed by atoms with van der Waals surface area (Å²) >= 11 is 0. The molecule has 0 N–H and O–H groups in total. The smallest absolute Gasteiger partial charge is 0.155 e. The minimum Gasteiger partial charge on any atom is -0.221 e. The Kier molecular flexibility index (Phi) is 2.00. The topological polar surface area (TPSA) is 30.2 Å². The highest BCUT2D eigenvalue weighted by molar-refractivity contribution is 5.36. The van der Waals surface area contributed by atoms with Gasteiger partial charge in [0.1, 0.15) is 0 Å². The van der Waals surface area contributed by atoms with Crippen LogP contribution in [0.15, 0.2) is 24.4 Å². The minimum absolute atomic E-state index is 0.609. The van der Waals surface area contributed by atoms with Crippen molar-refractivity contribution in [3.63, 3.8) is 0 Å². The molecule has 0 saturated heterocycles. The summed E-state index contributed by atoms with van der Waals surface area (Å²) in [5.41, 5.74) is 0.929. The number of nitrogens with zero attached hydrogens (tertiary/aromatic N) is 3. The molecule has 3 heteroatoms. The standard InChI is InChI=1S/C10H13N3/c1-8(2)7-9-11-10-5-3-4-6-13(10)12-9/h3-6,8H,7H2,1-2H3. The zero-order valence-electron chi connectivity index (χ0n) is 7.94. The summed E-state index contributed by atoms with van der Waals surface area (Å²) in [7, 11) is 0. The van der Waals surface area contributed by atoms with Crippen molar-refractivity contribution < 1.29 is 0 Å². The van der Waals surface area contributed by atoms with Gasteiger partial charge in [-0.25, -0.2) is 9.50 Å². The first-order chi connectivity index (χ1) is 6.25. The van der Waals surface area contributed by atoms with Crippen LogP contribution in [0.3, 0.4) is 0 Å². The molecule has 2 aromatic rings. The van der Waals surface area contributed by atoms with Gasteiger partial charge in [0, 0.05) is 12.6 Å². The Morgan fingerprint density at radius 1 is 1.38 bits per heavy atom. The summed E-state index contributed by atoms with van der Waals surface area (Å²) in [5.74, 6) is 1.54. The van der Waals surface area contributed by atoms with Crippen molar-refractivity contribution in [3.8, 4) is 0 Å². The Morgan fingerprint density at radius 3 is 2.92 bits per heavy atom. The van der Waals surface area contributed by atoms with Crippen LogP contribution in [0.4, 0.5) is 0 Å². The molecule has 13 heavy (non-hydrogen) atoms. The van der Waals surface area contributed by atoms with Crippen molar-refractivity contribution in [2.75, 3.05) is 0 Å². The maximum Gasteiger partial charge on any atom is 0.155 e. The van der Waals surface area contributed by atoms with Crippen molar-refractivity contribution in [2.24, 2.45) is 5.92 Å². The molecular weight excluding hydrogens is 162 g/mol. The molecule has 0 spiro atoms. The molecule has 0 fully saturated rings. The molecule has 0 aliphatic rings. The number of fused-ring (bicyclic) bond motifs is 1. The summed E-state index contributed by atoms with van der Waals surface area (Å²) < 4.78 is 1.82. The molecule has 0 saturated carbocycles. The fourth-order valence-corrected chi connectivity index (χ4v) is 1.33. The average Bonchev–Trinajstić information content (AvgIpc) is 2.44. The molecule has 68 valence electrons. The van der Waals surface area contributed by atoms with Crippen LogP contribution < -0.4 is 0 Å². The molecule has 0 aliphatic carbocycles. The van der Waals surface area contributed by atoms with Crippen molar-refractivity contribution in [3.05, 3.63) is 30.2 Å². The zero-order valence-corrected chi connectivity index (χ0v) is 7.94. The van der Waals surface area contributed by atoms with E-state index in [1.807, 2.05) is 28.9 Å². The number of pyridine rings is 1. The molecule has 0 aromatic carbocycles. The normalized spacial score (nSPS) is 11.3. The second-order valence-electron chi connectivity index (χ2n) is 3.63. The molecule has 0 aliphatic heterocycles. The Balaban J connectivity index is 2.38. The van der Waals surface area contributed by atoms with E-state index in [2.05, 4.69) is 23.9 Å². The van der Waals surface area contributed by atoms with Gasteiger partial charge in [-0.05, 0) is 18.1 Å². The molecule has 0 bridgehead atoms. The lowest BCUT2D eigenvalue weighted by atomic mass is 10.1. The van der Waals surface area contributed by atoms with Crippen molar-refractivity contribution in [2.45, 2.75) is 20.3 Å². The van der Waals surface area contributed by atoms with Crippen molar-refractivity contribution in [1.29, 1.82) is 0 Å². The van der Waals surface area contributed by atoms with Gasteiger partial charge in [-0.1, -0.05) is 19.9 Å². The maximum atomic E-state index is 4.40. The quantitative estimate of drug-likeness (QED) is 0.698. The molecular formula is C10H13N3. The van der Waals surface area contributed by atoms with Gasteiger partial charge in [-0.15, -0.1) is 0 Å². The molecule has 2 aromatic heterocycles. The monoisotopic (exact) mass is 175 g/mol. The van der Waals surface area contributed by atoms with Crippen LogP contribution in [-0.2, 0) is 6.42 Å². The van der Waals surface area contributed by atoms with E-state index in [-0.39, 0.29) is 0 Å². The Hall–Kier alpha value is -1.38. The maximum absolute atomic E-state index is 4.40. The summed E-state index contributed by atoms with van der Waals surface area (Å²) in [6.45, 7) is 4.34. The van der Waals surface area contributed by atoms with Crippen LogP contribution in [0.1, 0.15) is 19.7 Å². The van der Waals surface area contributed by atoms with Crippen LogP contribution in [0, 0.1) is 5.92 Å². The summed E-state index contributed by atoms with van der Waals surface area (Å²) in [5, 5.41) is 4.36. The Bertz CT molecular complexity index is 370. The third kappa shape index (κ3) is 1.69. The van der Waals surface area contributed by atoms with E-state index >= 15 is 0 Å². The van der Waals surface area contributed by atoms with Crippen LogP contribution in [0.2, 0.25) is 0 Å². The van der Waals surface area contributed by atoms with Crippen LogP contribution in [-0.4, -0.2) is 14.6 Å². The minimum atomic E-state index is 0.609. The third-order valence-corrected chi connectivity index (χ3v) is 1.88. The summed E-state index contributed by atoms with van der Waals surface area (Å²) in [4.78, 5) is 4.40. The Morgan fingerprint density at radius 2 is 2.23 bits per heavy atom. The predicted octanol–water partition coefficient (Wildman–Crippen LogP) is 1.93.